The van der Waals surface area contributed by atoms with Crippen LogP contribution in [-0.4, -0.2) is 36.8 Å². The van der Waals surface area contributed by atoms with Crippen molar-refractivity contribution < 1.29 is 9.90 Å². The van der Waals surface area contributed by atoms with E-state index in [4.69, 9.17) is 5.26 Å². The van der Waals surface area contributed by atoms with Crippen LogP contribution < -0.4 is 10.6 Å². The number of aliphatic hydroxyl groups excluding tert-OH is 1. The second-order valence-corrected chi connectivity index (χ2v) is 3.47. The first-order chi connectivity index (χ1) is 6.74. The van der Waals surface area contributed by atoms with Crippen molar-refractivity contribution in [2.45, 2.75) is 18.9 Å². The minimum Gasteiger partial charge on any atom is -0.392 e. The molecule has 1 aliphatic rings. The zero-order valence-corrected chi connectivity index (χ0v) is 7.99. The molecule has 0 saturated heterocycles. The Morgan fingerprint density at radius 3 is 2.93 bits per heavy atom. The molecule has 1 amide bonds. The fourth-order valence-electron chi connectivity index (χ4n) is 1.18. The first-order valence-corrected chi connectivity index (χ1v) is 4.76. The molecular formula is C9H15N3O2. The maximum absolute atomic E-state index is 11.0. The van der Waals surface area contributed by atoms with Crippen LogP contribution in [0.15, 0.2) is 0 Å². The number of carbonyl (C=O) groups is 1. The lowest BCUT2D eigenvalue weighted by molar-refractivity contribution is -0.120. The van der Waals surface area contributed by atoms with Gasteiger partial charge in [0, 0.05) is 6.54 Å². The number of nitriles is 1. The number of carbonyl (C=O) groups excluding carboxylic acids is 1. The lowest BCUT2D eigenvalue weighted by Crippen LogP contribution is -2.37. The van der Waals surface area contributed by atoms with Crippen LogP contribution in [0.4, 0.5) is 0 Å². The highest BCUT2D eigenvalue weighted by Crippen LogP contribution is 2.32. The fourth-order valence-corrected chi connectivity index (χ4v) is 1.18. The third kappa shape index (κ3) is 4.21. The van der Waals surface area contributed by atoms with Crippen molar-refractivity contribution in [1.82, 2.24) is 10.6 Å². The second-order valence-electron chi connectivity index (χ2n) is 3.47. The van der Waals surface area contributed by atoms with Crippen LogP contribution in [0.1, 0.15) is 12.8 Å². The molecule has 5 heteroatoms. The van der Waals surface area contributed by atoms with Crippen molar-refractivity contribution in [2.75, 3.05) is 19.6 Å². The first-order valence-electron chi connectivity index (χ1n) is 4.76. The van der Waals surface area contributed by atoms with Crippen LogP contribution in [0.25, 0.3) is 0 Å². The van der Waals surface area contributed by atoms with Crippen LogP contribution in [0, 0.1) is 17.2 Å². The molecule has 1 rings (SSSR count). The summed E-state index contributed by atoms with van der Waals surface area (Å²) >= 11 is 0. The van der Waals surface area contributed by atoms with Crippen molar-refractivity contribution >= 4 is 5.91 Å². The third-order valence-corrected chi connectivity index (χ3v) is 2.17. The van der Waals surface area contributed by atoms with Crippen LogP contribution in [-0.2, 0) is 4.79 Å². The summed E-state index contributed by atoms with van der Waals surface area (Å²) in [6, 6.07) is 1.82. The van der Waals surface area contributed by atoms with Gasteiger partial charge in [0.1, 0.15) is 6.54 Å². The molecule has 0 radical (unpaired) electrons. The number of amides is 1. The van der Waals surface area contributed by atoms with E-state index in [0.717, 1.165) is 12.8 Å². The van der Waals surface area contributed by atoms with Gasteiger partial charge in [0.2, 0.25) is 5.91 Å². The molecule has 3 N–H and O–H groups in total. The van der Waals surface area contributed by atoms with Gasteiger partial charge in [-0.05, 0) is 18.8 Å². The Morgan fingerprint density at radius 2 is 2.36 bits per heavy atom. The van der Waals surface area contributed by atoms with E-state index in [0.29, 0.717) is 12.5 Å². The van der Waals surface area contributed by atoms with E-state index in [-0.39, 0.29) is 25.1 Å². The Labute approximate surface area is 83.1 Å². The van der Waals surface area contributed by atoms with Crippen LogP contribution in [0.5, 0.6) is 0 Å². The lowest BCUT2D eigenvalue weighted by atomic mass is 10.2. The average molecular weight is 197 g/mol. The Bertz CT molecular complexity index is 233. The molecular weight excluding hydrogens is 182 g/mol. The molecule has 1 saturated carbocycles. The van der Waals surface area contributed by atoms with Gasteiger partial charge in [-0.25, -0.2) is 0 Å². The molecule has 14 heavy (non-hydrogen) atoms. The predicted molar refractivity (Wildman–Crippen MR) is 50.2 cm³/mol. The van der Waals surface area contributed by atoms with E-state index in [9.17, 15) is 9.90 Å². The first kappa shape index (κ1) is 11.0. The summed E-state index contributed by atoms with van der Waals surface area (Å²) in [4.78, 5) is 11.0. The monoisotopic (exact) mass is 197 g/mol. The van der Waals surface area contributed by atoms with Crippen molar-refractivity contribution in [3.05, 3.63) is 0 Å². The summed E-state index contributed by atoms with van der Waals surface area (Å²) in [5.41, 5.74) is 0. The van der Waals surface area contributed by atoms with Crippen LogP contribution in [0.2, 0.25) is 0 Å². The number of hydrogen-bond acceptors (Lipinski definition) is 4. The summed E-state index contributed by atoms with van der Waals surface area (Å²) in [5.74, 6) is 0.208. The minimum atomic E-state index is -0.334. The molecule has 0 heterocycles. The van der Waals surface area contributed by atoms with Gasteiger partial charge in [0.05, 0.1) is 18.7 Å². The normalized spacial score (nSPS) is 17.1. The Balaban J connectivity index is 1.97. The van der Waals surface area contributed by atoms with Gasteiger partial charge >= 0.3 is 0 Å². The molecule has 0 aromatic rings. The molecule has 0 aromatic heterocycles. The quantitative estimate of drug-likeness (QED) is 0.476. The van der Waals surface area contributed by atoms with Gasteiger partial charge in [-0.3, -0.25) is 4.79 Å². The minimum absolute atomic E-state index is 0.0334. The predicted octanol–water partition coefficient (Wildman–Crippen LogP) is -1.01. The average Bonchev–Trinajstić information content (AvgIpc) is 2.97. The summed E-state index contributed by atoms with van der Waals surface area (Å²) in [6.07, 6.45) is 1.84. The standard InChI is InChI=1S/C9H15N3O2/c10-3-4-12-9(14)6-11-5-8(13)7-1-2-7/h7-8,11,13H,1-2,4-6H2,(H,12,14). The van der Waals surface area contributed by atoms with Crippen molar-refractivity contribution in [2.24, 2.45) is 5.92 Å². The molecule has 78 valence electrons. The smallest absolute Gasteiger partial charge is 0.234 e. The van der Waals surface area contributed by atoms with E-state index in [1.165, 1.54) is 0 Å². The number of nitrogens with one attached hydrogen (secondary N) is 2. The van der Waals surface area contributed by atoms with Crippen LogP contribution >= 0.6 is 0 Å². The molecule has 5 nitrogen and oxygen atoms in total. The van der Waals surface area contributed by atoms with E-state index in [1.807, 2.05) is 6.07 Å². The van der Waals surface area contributed by atoms with Crippen LogP contribution in [0.3, 0.4) is 0 Å². The Hall–Kier alpha value is -1.12. The van der Waals surface area contributed by atoms with E-state index < -0.39 is 0 Å². The molecule has 0 spiro atoms. The number of hydrogen-bond donors (Lipinski definition) is 3. The zero-order valence-electron chi connectivity index (χ0n) is 7.99. The van der Waals surface area contributed by atoms with Gasteiger partial charge in [-0.1, -0.05) is 0 Å². The maximum atomic E-state index is 11.0. The molecule has 0 aliphatic heterocycles. The van der Waals surface area contributed by atoms with E-state index >= 15 is 0 Å². The summed E-state index contributed by atoms with van der Waals surface area (Å²) < 4.78 is 0. The highest BCUT2D eigenvalue weighted by Gasteiger charge is 2.29. The summed E-state index contributed by atoms with van der Waals surface area (Å²) in [7, 11) is 0. The zero-order chi connectivity index (χ0) is 10.4. The molecule has 1 unspecified atom stereocenters. The largest absolute Gasteiger partial charge is 0.392 e. The number of rotatable bonds is 6. The molecule has 0 aromatic carbocycles. The van der Waals surface area contributed by atoms with Crippen molar-refractivity contribution in [3.8, 4) is 6.07 Å². The highest BCUT2D eigenvalue weighted by atomic mass is 16.3. The van der Waals surface area contributed by atoms with Crippen molar-refractivity contribution in [3.63, 3.8) is 0 Å². The van der Waals surface area contributed by atoms with Gasteiger partial charge in [0.25, 0.3) is 0 Å². The molecule has 1 atom stereocenters. The second kappa shape index (κ2) is 5.58. The maximum Gasteiger partial charge on any atom is 0.234 e. The molecule has 0 bridgehead atoms. The number of nitrogens with zero attached hydrogens (tertiary/aromatic N) is 1. The van der Waals surface area contributed by atoms with Gasteiger partial charge in [-0.15, -0.1) is 0 Å². The summed E-state index contributed by atoms with van der Waals surface area (Å²) in [5, 5.41) is 22.9. The number of aliphatic hydroxyl groups is 1. The van der Waals surface area contributed by atoms with Crippen molar-refractivity contribution in [1.29, 1.82) is 5.26 Å². The van der Waals surface area contributed by atoms with E-state index in [2.05, 4.69) is 10.6 Å². The van der Waals surface area contributed by atoms with Gasteiger partial charge in [0.15, 0.2) is 0 Å². The third-order valence-electron chi connectivity index (χ3n) is 2.17. The highest BCUT2D eigenvalue weighted by molar-refractivity contribution is 5.78. The van der Waals surface area contributed by atoms with Gasteiger partial charge in [-0.2, -0.15) is 5.26 Å². The van der Waals surface area contributed by atoms with Gasteiger partial charge < -0.3 is 15.7 Å². The Morgan fingerprint density at radius 1 is 1.64 bits per heavy atom. The fraction of sp³-hybridized carbons (Fsp3) is 0.778. The topological polar surface area (TPSA) is 85.2 Å². The Kier molecular flexibility index (Phi) is 4.36. The molecule has 1 fully saturated rings. The molecule has 1 aliphatic carbocycles. The van der Waals surface area contributed by atoms with E-state index in [1.54, 1.807) is 0 Å². The SMILES string of the molecule is N#CCNC(=O)CNCC(O)C1CC1. The summed E-state index contributed by atoms with van der Waals surface area (Å²) in [6.45, 7) is 0.641. The lowest BCUT2D eigenvalue weighted by Gasteiger charge is -2.09.